The number of hydrogen-bond acceptors (Lipinski definition) is 11. The zero-order valence-electron chi connectivity index (χ0n) is 14.6. The number of rotatable bonds is 6. The highest BCUT2D eigenvalue weighted by Crippen LogP contribution is 2.29. The van der Waals surface area contributed by atoms with Crippen molar-refractivity contribution in [2.45, 2.75) is 58.3 Å². The minimum Gasteiger partial charge on any atom is -0.463 e. The van der Waals surface area contributed by atoms with E-state index in [-0.39, 0.29) is 6.61 Å². The van der Waals surface area contributed by atoms with Crippen LogP contribution in [0.15, 0.2) is 4.99 Å². The molecule has 1 aliphatic heterocycles. The number of esters is 4. The Labute approximate surface area is 154 Å². The van der Waals surface area contributed by atoms with E-state index in [1.54, 1.807) is 0 Å². The SMILES string of the molecule is CC(=O)OCC1OC(N=C=S)C(OC(C)=O)C(OC(C)=O)C1OC(C)=O. The minimum atomic E-state index is -1.26. The number of hydrogen-bond donors (Lipinski definition) is 0. The Balaban J connectivity index is 3.28. The summed E-state index contributed by atoms with van der Waals surface area (Å²) >= 11 is 4.55. The molecule has 0 aromatic rings. The molecule has 1 heterocycles. The normalized spacial score (nSPS) is 27.5. The summed E-state index contributed by atoms with van der Waals surface area (Å²) in [7, 11) is 0. The van der Waals surface area contributed by atoms with E-state index in [2.05, 4.69) is 22.4 Å². The number of ether oxygens (including phenoxy) is 5. The molecule has 5 atom stereocenters. The van der Waals surface area contributed by atoms with Gasteiger partial charge in [-0.1, -0.05) is 0 Å². The summed E-state index contributed by atoms with van der Waals surface area (Å²) in [6, 6.07) is 0. The first-order valence-electron chi connectivity index (χ1n) is 7.53. The highest BCUT2D eigenvalue weighted by Gasteiger charge is 2.52. The molecular weight excluding hydrogens is 370 g/mol. The van der Waals surface area contributed by atoms with Crippen LogP contribution in [0.3, 0.4) is 0 Å². The van der Waals surface area contributed by atoms with E-state index in [0.29, 0.717) is 0 Å². The standard InChI is InChI=1S/C15H19NO9S/c1-7(17)21-5-11-12(22-8(2)18)13(23-9(3)19)14(24-10(4)20)15(25-11)16-6-26/h11-15H,5H2,1-4H3. The van der Waals surface area contributed by atoms with Gasteiger partial charge in [0, 0.05) is 27.7 Å². The van der Waals surface area contributed by atoms with Gasteiger partial charge in [-0.3, -0.25) is 19.2 Å². The van der Waals surface area contributed by atoms with Crippen LogP contribution in [0.1, 0.15) is 27.7 Å². The Kier molecular flexibility index (Phi) is 8.30. The molecule has 11 heteroatoms. The Morgan fingerprint density at radius 1 is 0.885 bits per heavy atom. The predicted molar refractivity (Wildman–Crippen MR) is 87.0 cm³/mol. The second-order valence-electron chi connectivity index (χ2n) is 5.31. The maximum atomic E-state index is 11.5. The predicted octanol–water partition coefficient (Wildman–Crippen LogP) is 0.172. The maximum Gasteiger partial charge on any atom is 0.303 e. The first-order chi connectivity index (χ1) is 12.1. The third-order valence-electron chi connectivity index (χ3n) is 3.15. The molecule has 0 aromatic heterocycles. The molecule has 1 saturated heterocycles. The Bertz CT molecular complexity index is 616. The van der Waals surface area contributed by atoms with Gasteiger partial charge >= 0.3 is 23.9 Å². The lowest BCUT2D eigenvalue weighted by atomic mass is 9.97. The highest BCUT2D eigenvalue weighted by atomic mass is 32.1. The summed E-state index contributed by atoms with van der Waals surface area (Å²) in [6.07, 6.45) is -5.96. The Morgan fingerprint density at radius 2 is 1.38 bits per heavy atom. The highest BCUT2D eigenvalue weighted by molar-refractivity contribution is 7.78. The summed E-state index contributed by atoms with van der Waals surface area (Å²) in [5.41, 5.74) is 0. The van der Waals surface area contributed by atoms with E-state index in [0.717, 1.165) is 20.8 Å². The van der Waals surface area contributed by atoms with E-state index < -0.39 is 54.5 Å². The molecule has 5 unspecified atom stereocenters. The summed E-state index contributed by atoms with van der Waals surface area (Å²) < 4.78 is 26.0. The van der Waals surface area contributed by atoms with Crippen molar-refractivity contribution in [1.29, 1.82) is 0 Å². The van der Waals surface area contributed by atoms with Crippen molar-refractivity contribution in [3.63, 3.8) is 0 Å². The number of aliphatic imine (C=N–C) groups is 1. The Morgan fingerprint density at radius 3 is 1.85 bits per heavy atom. The van der Waals surface area contributed by atoms with E-state index >= 15 is 0 Å². The molecule has 26 heavy (non-hydrogen) atoms. The first kappa shape index (κ1) is 21.7. The van der Waals surface area contributed by atoms with E-state index in [1.807, 2.05) is 0 Å². The molecule has 0 spiro atoms. The lowest BCUT2D eigenvalue weighted by molar-refractivity contribution is -0.250. The van der Waals surface area contributed by atoms with Crippen LogP contribution in [0.2, 0.25) is 0 Å². The number of isothiocyanates is 1. The van der Waals surface area contributed by atoms with Gasteiger partial charge in [0.2, 0.25) is 0 Å². The summed E-state index contributed by atoms with van der Waals surface area (Å²) in [5, 5.41) is 2.09. The van der Waals surface area contributed by atoms with Crippen LogP contribution in [-0.4, -0.2) is 66.3 Å². The largest absolute Gasteiger partial charge is 0.463 e. The van der Waals surface area contributed by atoms with Crippen LogP contribution in [-0.2, 0) is 42.9 Å². The number of carbonyl (C=O) groups is 4. The minimum absolute atomic E-state index is 0.318. The molecule has 0 saturated carbocycles. The van der Waals surface area contributed by atoms with Crippen LogP contribution >= 0.6 is 12.2 Å². The molecule has 0 radical (unpaired) electrons. The molecule has 0 bridgehead atoms. The van der Waals surface area contributed by atoms with Crippen LogP contribution in [0.25, 0.3) is 0 Å². The second kappa shape index (κ2) is 9.95. The summed E-state index contributed by atoms with van der Waals surface area (Å²) in [5.74, 6) is -2.74. The molecular formula is C15H19NO9S. The van der Waals surface area contributed by atoms with Crippen molar-refractivity contribution in [3.8, 4) is 0 Å². The lowest BCUT2D eigenvalue weighted by Crippen LogP contribution is -2.61. The van der Waals surface area contributed by atoms with Crippen molar-refractivity contribution in [1.82, 2.24) is 0 Å². The van der Waals surface area contributed by atoms with Gasteiger partial charge in [0.05, 0.1) is 5.16 Å². The van der Waals surface area contributed by atoms with Gasteiger partial charge in [0.1, 0.15) is 12.7 Å². The maximum absolute atomic E-state index is 11.5. The second-order valence-corrected chi connectivity index (χ2v) is 5.49. The van der Waals surface area contributed by atoms with Crippen LogP contribution in [0.5, 0.6) is 0 Å². The van der Waals surface area contributed by atoms with Gasteiger partial charge in [-0.2, -0.15) is 4.99 Å². The van der Waals surface area contributed by atoms with Crippen LogP contribution in [0, 0.1) is 0 Å². The molecule has 0 amide bonds. The first-order valence-corrected chi connectivity index (χ1v) is 7.94. The fraction of sp³-hybridized carbons (Fsp3) is 0.667. The zero-order valence-corrected chi connectivity index (χ0v) is 15.4. The molecule has 0 aromatic carbocycles. The fourth-order valence-corrected chi connectivity index (χ4v) is 2.47. The van der Waals surface area contributed by atoms with E-state index in [9.17, 15) is 19.2 Å². The topological polar surface area (TPSA) is 127 Å². The number of thiocarbonyl (C=S) groups is 1. The average Bonchev–Trinajstić information content (AvgIpc) is 2.50. The molecule has 144 valence electrons. The molecule has 10 nitrogen and oxygen atoms in total. The molecule has 1 rings (SSSR count). The molecule has 0 N–H and O–H groups in total. The van der Waals surface area contributed by atoms with Crippen molar-refractivity contribution in [3.05, 3.63) is 0 Å². The fourth-order valence-electron chi connectivity index (χ4n) is 2.36. The van der Waals surface area contributed by atoms with Crippen molar-refractivity contribution in [2.24, 2.45) is 4.99 Å². The third-order valence-corrected chi connectivity index (χ3v) is 3.25. The van der Waals surface area contributed by atoms with Gasteiger partial charge in [0.25, 0.3) is 0 Å². The van der Waals surface area contributed by atoms with Crippen molar-refractivity contribution >= 4 is 41.3 Å². The van der Waals surface area contributed by atoms with Crippen LogP contribution in [0.4, 0.5) is 0 Å². The summed E-state index contributed by atoms with van der Waals surface area (Å²) in [6.45, 7) is 4.26. The van der Waals surface area contributed by atoms with Gasteiger partial charge in [-0.25, -0.2) is 0 Å². The number of nitrogens with zero attached hydrogens (tertiary/aromatic N) is 1. The van der Waals surface area contributed by atoms with Crippen molar-refractivity contribution < 1.29 is 42.9 Å². The van der Waals surface area contributed by atoms with E-state index in [1.165, 1.54) is 6.92 Å². The third kappa shape index (κ3) is 6.51. The summed E-state index contributed by atoms with van der Waals surface area (Å²) in [4.78, 5) is 49.3. The Hall–Kier alpha value is -2.36. The van der Waals surface area contributed by atoms with Gasteiger partial charge in [-0.15, -0.1) is 0 Å². The van der Waals surface area contributed by atoms with E-state index in [4.69, 9.17) is 23.7 Å². The van der Waals surface area contributed by atoms with Crippen LogP contribution < -0.4 is 0 Å². The quantitative estimate of drug-likeness (QED) is 0.268. The lowest BCUT2D eigenvalue weighted by Gasteiger charge is -2.42. The van der Waals surface area contributed by atoms with Gasteiger partial charge in [0.15, 0.2) is 24.5 Å². The molecule has 0 aliphatic carbocycles. The molecule has 1 fully saturated rings. The van der Waals surface area contributed by atoms with Gasteiger partial charge in [-0.05, 0) is 12.2 Å². The molecule has 1 aliphatic rings. The average molecular weight is 389 g/mol. The van der Waals surface area contributed by atoms with Gasteiger partial charge < -0.3 is 23.7 Å². The monoisotopic (exact) mass is 389 g/mol. The smallest absolute Gasteiger partial charge is 0.303 e. The zero-order chi connectivity index (χ0) is 19.9. The van der Waals surface area contributed by atoms with Crippen molar-refractivity contribution in [2.75, 3.05) is 6.61 Å². The number of carbonyl (C=O) groups excluding carboxylic acids is 4.